The molecule has 112 valence electrons. The van der Waals surface area contributed by atoms with E-state index in [4.69, 9.17) is 26.8 Å². The van der Waals surface area contributed by atoms with Crippen LogP contribution in [0.3, 0.4) is 0 Å². The molecule has 1 amide bonds. The zero-order valence-corrected chi connectivity index (χ0v) is 13.0. The highest BCUT2D eigenvalue weighted by Crippen LogP contribution is 2.26. The van der Waals surface area contributed by atoms with Gasteiger partial charge < -0.3 is 20.1 Å². The number of amides is 1. The molecule has 1 aromatic carbocycles. The molecule has 6 heteroatoms. The van der Waals surface area contributed by atoms with E-state index in [0.29, 0.717) is 29.6 Å². The van der Waals surface area contributed by atoms with Crippen molar-refractivity contribution in [2.45, 2.75) is 26.4 Å². The lowest BCUT2D eigenvalue weighted by Gasteiger charge is -2.24. The number of nitrogens with zero attached hydrogens (tertiary/aromatic N) is 1. The van der Waals surface area contributed by atoms with E-state index in [1.807, 2.05) is 20.8 Å². The Bertz CT molecular complexity index is 472. The molecule has 0 heterocycles. The van der Waals surface area contributed by atoms with Gasteiger partial charge in [0.25, 0.3) is 0 Å². The minimum absolute atomic E-state index is 0.319. The van der Waals surface area contributed by atoms with E-state index < -0.39 is 5.60 Å². The molecule has 1 rings (SSSR count). The second kappa shape index (κ2) is 6.70. The molecule has 0 aliphatic rings. The Hall–Kier alpha value is -1.62. The van der Waals surface area contributed by atoms with Gasteiger partial charge in [0.15, 0.2) is 0 Å². The number of halogens is 1. The van der Waals surface area contributed by atoms with Gasteiger partial charge in [-0.2, -0.15) is 0 Å². The van der Waals surface area contributed by atoms with Crippen molar-refractivity contribution in [1.29, 1.82) is 0 Å². The average molecular weight is 301 g/mol. The number of hydrogen-bond donors (Lipinski definition) is 1. The summed E-state index contributed by atoms with van der Waals surface area (Å²) >= 11 is 5.98. The molecule has 0 aliphatic heterocycles. The van der Waals surface area contributed by atoms with Gasteiger partial charge in [0, 0.05) is 12.7 Å². The van der Waals surface area contributed by atoms with E-state index in [1.54, 1.807) is 25.2 Å². The highest BCUT2D eigenvalue weighted by molar-refractivity contribution is 6.32. The molecule has 0 spiro atoms. The monoisotopic (exact) mass is 300 g/mol. The van der Waals surface area contributed by atoms with E-state index in [0.717, 1.165) is 0 Å². The maximum Gasteiger partial charge on any atom is 0.410 e. The first kappa shape index (κ1) is 16.4. The topological polar surface area (TPSA) is 64.8 Å². The summed E-state index contributed by atoms with van der Waals surface area (Å²) in [5, 5.41) is 0.449. The quantitative estimate of drug-likeness (QED) is 0.867. The molecule has 0 atom stereocenters. The molecule has 1 aromatic rings. The van der Waals surface area contributed by atoms with Crippen LogP contribution in [-0.4, -0.2) is 36.8 Å². The van der Waals surface area contributed by atoms with Crippen LogP contribution < -0.4 is 10.5 Å². The average Bonchev–Trinajstić information content (AvgIpc) is 2.29. The van der Waals surface area contributed by atoms with Crippen LogP contribution in [0.1, 0.15) is 20.8 Å². The second-order valence-electron chi connectivity index (χ2n) is 5.44. The smallest absolute Gasteiger partial charge is 0.410 e. The molecule has 0 aliphatic carbocycles. The van der Waals surface area contributed by atoms with Crippen molar-refractivity contribution in [3.05, 3.63) is 23.2 Å². The summed E-state index contributed by atoms with van der Waals surface area (Å²) in [4.78, 5) is 13.2. The Balaban J connectivity index is 2.42. The maximum atomic E-state index is 11.7. The van der Waals surface area contributed by atoms with Gasteiger partial charge in [-0.25, -0.2) is 4.79 Å². The SMILES string of the molecule is CN(CCOc1ccc(N)cc1Cl)C(=O)OC(C)(C)C. The standard InChI is InChI=1S/C14H21ClN2O3/c1-14(2,3)20-13(18)17(4)7-8-19-12-6-5-10(16)9-11(12)15/h5-6,9H,7-8,16H2,1-4H3. The molecular weight excluding hydrogens is 280 g/mol. The number of carbonyl (C=O) groups is 1. The molecule has 0 saturated heterocycles. The van der Waals surface area contributed by atoms with Gasteiger partial charge >= 0.3 is 6.09 Å². The largest absolute Gasteiger partial charge is 0.490 e. The fourth-order valence-electron chi connectivity index (χ4n) is 1.36. The molecule has 0 fully saturated rings. The fraction of sp³-hybridized carbons (Fsp3) is 0.500. The Morgan fingerprint density at radius 3 is 2.60 bits per heavy atom. The molecule has 2 N–H and O–H groups in total. The summed E-state index contributed by atoms with van der Waals surface area (Å²) < 4.78 is 10.7. The van der Waals surface area contributed by atoms with Crippen molar-refractivity contribution in [3.63, 3.8) is 0 Å². The summed E-state index contributed by atoms with van der Waals surface area (Å²) in [7, 11) is 1.65. The lowest BCUT2D eigenvalue weighted by atomic mass is 10.2. The predicted octanol–water partition coefficient (Wildman–Crippen LogP) is 3.17. The third-order valence-electron chi connectivity index (χ3n) is 2.35. The van der Waals surface area contributed by atoms with E-state index in [-0.39, 0.29) is 6.09 Å². The first-order valence-corrected chi connectivity index (χ1v) is 6.69. The molecule has 0 bridgehead atoms. The number of ether oxygens (including phenoxy) is 2. The molecule has 0 radical (unpaired) electrons. The number of hydrogen-bond acceptors (Lipinski definition) is 4. The zero-order chi connectivity index (χ0) is 15.3. The van der Waals surface area contributed by atoms with Gasteiger partial charge in [-0.1, -0.05) is 11.6 Å². The first-order valence-electron chi connectivity index (χ1n) is 6.31. The predicted molar refractivity (Wildman–Crippen MR) is 80.2 cm³/mol. The minimum atomic E-state index is -0.507. The second-order valence-corrected chi connectivity index (χ2v) is 5.85. The van der Waals surface area contributed by atoms with Crippen LogP contribution in [0.25, 0.3) is 0 Å². The Kier molecular flexibility index (Phi) is 5.51. The van der Waals surface area contributed by atoms with Crippen LogP contribution in [0.4, 0.5) is 10.5 Å². The van der Waals surface area contributed by atoms with Crippen LogP contribution in [-0.2, 0) is 4.74 Å². The van der Waals surface area contributed by atoms with Crippen LogP contribution >= 0.6 is 11.6 Å². The molecule has 0 aromatic heterocycles. The van der Waals surface area contributed by atoms with Crippen molar-refractivity contribution < 1.29 is 14.3 Å². The molecule has 5 nitrogen and oxygen atoms in total. The van der Waals surface area contributed by atoms with E-state index >= 15 is 0 Å². The number of benzene rings is 1. The highest BCUT2D eigenvalue weighted by Gasteiger charge is 2.19. The number of nitrogens with two attached hydrogens (primary N) is 1. The molecular formula is C14H21ClN2O3. The van der Waals surface area contributed by atoms with Crippen LogP contribution in [0.15, 0.2) is 18.2 Å². The van der Waals surface area contributed by atoms with Gasteiger partial charge in [-0.15, -0.1) is 0 Å². The Labute approximate surface area is 124 Å². The van der Waals surface area contributed by atoms with Crippen LogP contribution in [0.5, 0.6) is 5.75 Å². The lowest BCUT2D eigenvalue weighted by Crippen LogP contribution is -2.36. The van der Waals surface area contributed by atoms with Crippen LogP contribution in [0.2, 0.25) is 5.02 Å². The summed E-state index contributed by atoms with van der Waals surface area (Å²) in [5.74, 6) is 0.540. The van der Waals surface area contributed by atoms with Gasteiger partial charge in [0.2, 0.25) is 0 Å². The first-order chi connectivity index (χ1) is 9.19. The summed E-state index contributed by atoms with van der Waals surface area (Å²) in [6.07, 6.45) is -0.385. The van der Waals surface area contributed by atoms with Crippen molar-refractivity contribution >= 4 is 23.4 Å². The normalized spacial score (nSPS) is 11.1. The van der Waals surface area contributed by atoms with Gasteiger partial charge in [0.1, 0.15) is 18.0 Å². The zero-order valence-electron chi connectivity index (χ0n) is 12.3. The number of anilines is 1. The van der Waals surface area contributed by atoms with Crippen molar-refractivity contribution in [2.24, 2.45) is 0 Å². The lowest BCUT2D eigenvalue weighted by molar-refractivity contribution is 0.0278. The highest BCUT2D eigenvalue weighted by atomic mass is 35.5. The molecule has 0 saturated carbocycles. The van der Waals surface area contributed by atoms with Crippen molar-refractivity contribution in [1.82, 2.24) is 4.90 Å². The maximum absolute atomic E-state index is 11.7. The van der Waals surface area contributed by atoms with Gasteiger partial charge in [0.05, 0.1) is 11.6 Å². The molecule has 20 heavy (non-hydrogen) atoms. The number of likely N-dealkylation sites (N-methyl/N-ethyl adjacent to an activating group) is 1. The van der Waals surface area contributed by atoms with Crippen molar-refractivity contribution in [3.8, 4) is 5.75 Å². The Morgan fingerprint density at radius 1 is 1.40 bits per heavy atom. The van der Waals surface area contributed by atoms with Crippen molar-refractivity contribution in [2.75, 3.05) is 25.9 Å². The van der Waals surface area contributed by atoms with E-state index in [9.17, 15) is 4.79 Å². The Morgan fingerprint density at radius 2 is 2.05 bits per heavy atom. The van der Waals surface area contributed by atoms with Gasteiger partial charge in [-0.3, -0.25) is 0 Å². The number of carbonyl (C=O) groups excluding carboxylic acids is 1. The van der Waals surface area contributed by atoms with E-state index in [1.165, 1.54) is 4.90 Å². The van der Waals surface area contributed by atoms with Crippen LogP contribution in [0, 0.1) is 0 Å². The summed E-state index contributed by atoms with van der Waals surface area (Å²) in [6, 6.07) is 5.03. The third kappa shape index (κ3) is 5.57. The van der Waals surface area contributed by atoms with E-state index in [2.05, 4.69) is 0 Å². The third-order valence-corrected chi connectivity index (χ3v) is 2.64. The minimum Gasteiger partial charge on any atom is -0.490 e. The fourth-order valence-corrected chi connectivity index (χ4v) is 1.60. The van der Waals surface area contributed by atoms with Gasteiger partial charge in [-0.05, 0) is 39.0 Å². The molecule has 0 unspecified atom stereocenters. The summed E-state index contributed by atoms with van der Waals surface area (Å²) in [5.41, 5.74) is 5.66. The number of nitrogen functional groups attached to an aromatic ring is 1. The summed E-state index contributed by atoms with van der Waals surface area (Å²) in [6.45, 7) is 6.19. The number of rotatable bonds is 4.